The number of rotatable bonds is 10. The average molecular weight is 490 g/mol. The number of carbonyl (C=O) groups is 1. The summed E-state index contributed by atoms with van der Waals surface area (Å²) in [6.07, 6.45) is 5.08. The fraction of sp³-hybridized carbons (Fsp3) is 0.609. The van der Waals surface area contributed by atoms with E-state index in [4.69, 9.17) is 10.5 Å². The smallest absolute Gasteiger partial charge is 0.240 e. The van der Waals surface area contributed by atoms with Crippen molar-refractivity contribution in [1.29, 1.82) is 10.5 Å². The number of carbonyl (C=O) groups excluding carboxylic acids is 1. The minimum Gasteiger partial charge on any atom is -0.354 e. The lowest BCUT2D eigenvalue weighted by Crippen LogP contribution is -2.52. The molecule has 2 aliphatic rings. The van der Waals surface area contributed by atoms with Crippen molar-refractivity contribution >= 4 is 15.9 Å². The molecule has 186 valence electrons. The Morgan fingerprint density at radius 2 is 1.59 bits per heavy atom. The maximum Gasteiger partial charge on any atom is 0.240 e. The van der Waals surface area contributed by atoms with Crippen LogP contribution in [-0.2, 0) is 14.8 Å². The van der Waals surface area contributed by atoms with Crippen LogP contribution in [0.15, 0.2) is 35.2 Å². The number of hydrogen-bond acceptors (Lipinski definition) is 8. The van der Waals surface area contributed by atoms with Gasteiger partial charge < -0.3 is 20.4 Å². The number of sulfonamides is 1. The van der Waals surface area contributed by atoms with Crippen molar-refractivity contribution in [2.45, 2.75) is 31.2 Å². The van der Waals surface area contributed by atoms with E-state index in [1.54, 1.807) is 40.1 Å². The van der Waals surface area contributed by atoms with Crippen molar-refractivity contribution in [3.05, 3.63) is 30.3 Å². The van der Waals surface area contributed by atoms with Gasteiger partial charge in [-0.25, -0.2) is 13.1 Å². The molecule has 2 atom stereocenters. The molecule has 34 heavy (non-hydrogen) atoms. The van der Waals surface area contributed by atoms with Gasteiger partial charge in [-0.1, -0.05) is 38.5 Å². The van der Waals surface area contributed by atoms with Crippen molar-refractivity contribution in [2.24, 2.45) is 17.8 Å². The Balaban J connectivity index is 0.000000240. The predicted octanol–water partition coefficient (Wildman–Crippen LogP) is 0.527. The molecule has 3 N–H and O–H groups in total. The molecule has 1 aromatic carbocycles. The Morgan fingerprint density at radius 3 is 2.06 bits per heavy atom. The van der Waals surface area contributed by atoms with E-state index in [9.17, 15) is 13.2 Å². The van der Waals surface area contributed by atoms with E-state index in [2.05, 4.69) is 35.4 Å². The summed E-state index contributed by atoms with van der Waals surface area (Å²) < 4.78 is 26.2. The van der Waals surface area contributed by atoms with Gasteiger partial charge in [0.15, 0.2) is 12.4 Å². The van der Waals surface area contributed by atoms with Gasteiger partial charge in [0.1, 0.15) is 0 Å². The molecule has 11 heteroatoms. The molecule has 0 bridgehead atoms. The molecule has 3 rings (SSSR count). The molecule has 0 unspecified atom stereocenters. The molecule has 0 aliphatic carbocycles. The van der Waals surface area contributed by atoms with Gasteiger partial charge in [-0.2, -0.15) is 10.5 Å². The van der Waals surface area contributed by atoms with Crippen molar-refractivity contribution < 1.29 is 13.2 Å². The minimum absolute atomic E-state index is 0.0669. The highest BCUT2D eigenvalue weighted by molar-refractivity contribution is 7.89. The molecule has 1 amide bonds. The number of nitrogens with one attached hydrogen (secondary N) is 3. The van der Waals surface area contributed by atoms with Gasteiger partial charge >= 0.3 is 0 Å². The van der Waals surface area contributed by atoms with Gasteiger partial charge in [-0.15, -0.1) is 0 Å². The second kappa shape index (κ2) is 13.1. The van der Waals surface area contributed by atoms with Crippen LogP contribution in [-0.4, -0.2) is 76.5 Å². The van der Waals surface area contributed by atoms with Gasteiger partial charge in [0.25, 0.3) is 0 Å². The first-order valence-electron chi connectivity index (χ1n) is 11.5. The number of likely N-dealkylation sites (N-methyl/N-ethyl adjacent to an activating group) is 1. The van der Waals surface area contributed by atoms with E-state index in [1.807, 2.05) is 13.2 Å². The third-order valence-electron chi connectivity index (χ3n) is 6.18. The lowest BCUT2D eigenvalue weighted by molar-refractivity contribution is -0.124. The van der Waals surface area contributed by atoms with E-state index in [1.165, 1.54) is 0 Å². The zero-order valence-corrected chi connectivity index (χ0v) is 20.9. The van der Waals surface area contributed by atoms with Crippen LogP contribution in [0.2, 0.25) is 0 Å². The summed E-state index contributed by atoms with van der Waals surface area (Å²) in [5.74, 6) is 1.05. The lowest BCUT2D eigenvalue weighted by Gasteiger charge is -2.35. The number of amides is 1. The maximum atomic E-state index is 11.9. The highest BCUT2D eigenvalue weighted by atomic mass is 32.2. The van der Waals surface area contributed by atoms with Crippen molar-refractivity contribution in [2.75, 3.05) is 46.3 Å². The molecule has 0 spiro atoms. The average Bonchev–Trinajstić information content (AvgIpc) is 2.78. The number of benzene rings is 1. The van der Waals surface area contributed by atoms with E-state index >= 15 is 0 Å². The molecule has 0 saturated carbocycles. The quantitative estimate of drug-likeness (QED) is 0.404. The summed E-state index contributed by atoms with van der Waals surface area (Å²) in [7, 11) is -1.59. The second-order valence-corrected chi connectivity index (χ2v) is 10.6. The molecule has 0 aromatic heterocycles. The third kappa shape index (κ3) is 7.87. The molecule has 2 fully saturated rings. The summed E-state index contributed by atoms with van der Waals surface area (Å²) in [5, 5.41) is 23.2. The second-order valence-electron chi connectivity index (χ2n) is 8.80. The molecular formula is C23H35N7O3S. The fourth-order valence-electron chi connectivity index (χ4n) is 3.74. The van der Waals surface area contributed by atoms with Crippen LogP contribution in [0.3, 0.4) is 0 Å². The first kappa shape index (κ1) is 27.4. The number of nitriles is 2. The SMILES string of the molecule is CC[C@H](C)[C@H](NC)C(=O)NCC1CN(C#N)C1.N#CN1CC(CNS(=O)(=O)c2ccccc2)C1. The predicted molar refractivity (Wildman–Crippen MR) is 128 cm³/mol. The van der Waals surface area contributed by atoms with Gasteiger partial charge in [-0.3, -0.25) is 4.79 Å². The monoisotopic (exact) mass is 489 g/mol. The molecular weight excluding hydrogens is 454 g/mol. The van der Waals surface area contributed by atoms with Crippen molar-refractivity contribution in [1.82, 2.24) is 25.2 Å². The summed E-state index contributed by atoms with van der Waals surface area (Å²) in [6, 6.07) is 8.16. The molecule has 1 aromatic rings. The van der Waals surface area contributed by atoms with E-state index in [-0.39, 0.29) is 22.8 Å². The number of nitrogens with zero attached hydrogens (tertiary/aromatic N) is 4. The van der Waals surface area contributed by atoms with Gasteiger partial charge in [0.05, 0.1) is 10.9 Å². The Labute approximate surface area is 203 Å². The Kier molecular flexibility index (Phi) is 10.6. The molecule has 2 aliphatic heterocycles. The van der Waals surface area contributed by atoms with Gasteiger partial charge in [-0.05, 0) is 25.1 Å². The zero-order chi connectivity index (χ0) is 25.1. The Bertz CT molecular complexity index is 963. The van der Waals surface area contributed by atoms with Crippen molar-refractivity contribution in [3.8, 4) is 12.4 Å². The highest BCUT2D eigenvalue weighted by Gasteiger charge is 2.28. The molecule has 10 nitrogen and oxygen atoms in total. The fourth-order valence-corrected chi connectivity index (χ4v) is 4.87. The largest absolute Gasteiger partial charge is 0.354 e. The molecule has 2 heterocycles. The van der Waals surface area contributed by atoms with E-state index < -0.39 is 10.0 Å². The Morgan fingerprint density at radius 1 is 1.06 bits per heavy atom. The lowest BCUT2D eigenvalue weighted by atomic mass is 9.97. The van der Waals surface area contributed by atoms with Gasteiger partial charge in [0.2, 0.25) is 15.9 Å². The van der Waals surface area contributed by atoms with E-state index in [0.29, 0.717) is 38.0 Å². The molecule has 0 radical (unpaired) electrons. The van der Waals surface area contributed by atoms with Crippen LogP contribution in [0.5, 0.6) is 0 Å². The van der Waals surface area contributed by atoms with Crippen molar-refractivity contribution in [3.63, 3.8) is 0 Å². The minimum atomic E-state index is -3.41. The number of hydrogen-bond donors (Lipinski definition) is 3. The summed E-state index contributed by atoms with van der Waals surface area (Å²) >= 11 is 0. The summed E-state index contributed by atoms with van der Waals surface area (Å²) in [5.41, 5.74) is 0. The number of likely N-dealkylation sites (tertiary alicyclic amines) is 2. The van der Waals surface area contributed by atoms with E-state index in [0.717, 1.165) is 19.5 Å². The molecule has 2 saturated heterocycles. The third-order valence-corrected chi connectivity index (χ3v) is 7.62. The summed E-state index contributed by atoms with van der Waals surface area (Å²) in [6.45, 7) is 8.01. The van der Waals surface area contributed by atoms with Crippen LogP contribution in [0.4, 0.5) is 0 Å². The van der Waals surface area contributed by atoms with Crippen LogP contribution in [0.25, 0.3) is 0 Å². The normalized spacial score (nSPS) is 17.7. The topological polar surface area (TPSA) is 141 Å². The van der Waals surface area contributed by atoms with Crippen LogP contribution < -0.4 is 15.4 Å². The summed E-state index contributed by atoms with van der Waals surface area (Å²) in [4.78, 5) is 15.5. The first-order valence-corrected chi connectivity index (χ1v) is 13.0. The first-order chi connectivity index (χ1) is 16.2. The zero-order valence-electron chi connectivity index (χ0n) is 20.1. The standard InChI is InChI=1S/C12H22N4O.C11H13N3O2S/c1-4-9(2)11(14-3)12(17)15-5-10-6-16(7-10)8-13;12-9-14-7-10(8-14)6-13-17(15,16)11-4-2-1-3-5-11/h9-11,14H,4-7H2,1-3H3,(H,15,17);1-5,10,13H,6-8H2/t9-,11-;/m0./s1. The van der Waals surface area contributed by atoms with Crippen LogP contribution >= 0.6 is 0 Å². The van der Waals surface area contributed by atoms with Gasteiger partial charge in [0, 0.05) is 51.1 Å². The highest BCUT2D eigenvalue weighted by Crippen LogP contribution is 2.15. The van der Waals surface area contributed by atoms with Crippen LogP contribution in [0, 0.1) is 40.7 Å². The van der Waals surface area contributed by atoms with Crippen LogP contribution in [0.1, 0.15) is 20.3 Å². The maximum absolute atomic E-state index is 11.9. The Hall–Kier alpha value is -2.86.